The van der Waals surface area contributed by atoms with Gasteiger partial charge in [-0.2, -0.15) is 0 Å². The number of nitrogens with one attached hydrogen (secondary N) is 1. The summed E-state index contributed by atoms with van der Waals surface area (Å²) in [5.41, 5.74) is 0. The van der Waals surface area contributed by atoms with Gasteiger partial charge in [-0.25, -0.2) is 4.98 Å². The molecule has 0 saturated heterocycles. The zero-order valence-electron chi connectivity index (χ0n) is 3.76. The maximum Gasteiger partial charge on any atom is 0.168 e. The molecule has 0 unspecified atom stereocenters. The highest BCUT2D eigenvalue weighted by molar-refractivity contribution is 7.80. The summed E-state index contributed by atoms with van der Waals surface area (Å²) >= 11 is 4.06. The molecule has 0 amide bonds. The molecule has 0 saturated carbocycles. The highest BCUT2D eigenvalue weighted by Crippen LogP contribution is 1.96. The second kappa shape index (κ2) is 1.98. The maximum atomic E-state index is 4.06. The van der Waals surface area contributed by atoms with Crippen molar-refractivity contribution < 1.29 is 4.98 Å². The number of aromatic nitrogens is 1. The Morgan fingerprint density at radius 3 is 2.14 bits per heavy atom. The first-order chi connectivity index (χ1) is 3.39. The SMILES string of the molecule is Sc1cc[nH+]cc1. The molecule has 1 aromatic heterocycles. The zero-order chi connectivity index (χ0) is 5.11. The summed E-state index contributed by atoms with van der Waals surface area (Å²) in [6.07, 6.45) is 3.67. The van der Waals surface area contributed by atoms with Crippen LogP contribution >= 0.6 is 12.6 Å². The van der Waals surface area contributed by atoms with E-state index in [1.807, 2.05) is 24.5 Å². The predicted molar refractivity (Wildman–Crippen MR) is 30.2 cm³/mol. The van der Waals surface area contributed by atoms with Crippen molar-refractivity contribution >= 4 is 12.6 Å². The van der Waals surface area contributed by atoms with Gasteiger partial charge in [0, 0.05) is 17.0 Å². The van der Waals surface area contributed by atoms with Crippen molar-refractivity contribution in [2.75, 3.05) is 0 Å². The molecular formula is C5H6NS+. The number of hydrogen-bond acceptors (Lipinski definition) is 1. The molecule has 36 valence electrons. The molecule has 0 aromatic carbocycles. The number of aromatic amines is 1. The van der Waals surface area contributed by atoms with E-state index in [0.717, 1.165) is 4.90 Å². The lowest BCUT2D eigenvalue weighted by Gasteiger charge is -1.76. The van der Waals surface area contributed by atoms with E-state index >= 15 is 0 Å². The summed E-state index contributed by atoms with van der Waals surface area (Å²) < 4.78 is 0. The summed E-state index contributed by atoms with van der Waals surface area (Å²) in [6.45, 7) is 0. The van der Waals surface area contributed by atoms with Crippen molar-refractivity contribution in [2.45, 2.75) is 4.90 Å². The third kappa shape index (κ3) is 1.20. The average molecular weight is 112 g/mol. The van der Waals surface area contributed by atoms with Gasteiger partial charge < -0.3 is 0 Å². The molecule has 0 aliphatic heterocycles. The molecule has 0 aliphatic rings. The Morgan fingerprint density at radius 2 is 1.86 bits per heavy atom. The van der Waals surface area contributed by atoms with Crippen molar-refractivity contribution in [2.24, 2.45) is 0 Å². The Morgan fingerprint density at radius 1 is 1.29 bits per heavy atom. The molecule has 7 heavy (non-hydrogen) atoms. The number of pyridine rings is 1. The van der Waals surface area contributed by atoms with Crippen LogP contribution in [0.3, 0.4) is 0 Å². The van der Waals surface area contributed by atoms with Crippen LogP contribution in [0.25, 0.3) is 0 Å². The largest absolute Gasteiger partial charge is 0.218 e. The van der Waals surface area contributed by atoms with Gasteiger partial charge in [0.1, 0.15) is 0 Å². The zero-order valence-corrected chi connectivity index (χ0v) is 4.65. The van der Waals surface area contributed by atoms with Gasteiger partial charge in [-0.15, -0.1) is 12.6 Å². The van der Waals surface area contributed by atoms with Crippen molar-refractivity contribution in [3.8, 4) is 0 Å². The quantitative estimate of drug-likeness (QED) is 0.477. The fourth-order valence-corrected chi connectivity index (χ4v) is 0.527. The number of thiol groups is 1. The highest BCUT2D eigenvalue weighted by atomic mass is 32.1. The molecule has 0 bridgehead atoms. The van der Waals surface area contributed by atoms with Crippen LogP contribution in [0.1, 0.15) is 0 Å². The van der Waals surface area contributed by atoms with E-state index in [1.54, 1.807) is 0 Å². The molecular weight excluding hydrogens is 106 g/mol. The second-order valence-corrected chi connectivity index (χ2v) is 1.77. The summed E-state index contributed by atoms with van der Waals surface area (Å²) in [5.74, 6) is 0. The number of hydrogen-bond donors (Lipinski definition) is 1. The van der Waals surface area contributed by atoms with Crippen LogP contribution in [0.4, 0.5) is 0 Å². The molecule has 0 spiro atoms. The maximum absolute atomic E-state index is 4.06. The lowest BCUT2D eigenvalue weighted by atomic mass is 10.5. The fraction of sp³-hybridized carbons (Fsp3) is 0. The van der Waals surface area contributed by atoms with Crippen LogP contribution in [0.2, 0.25) is 0 Å². The molecule has 1 rings (SSSR count). The van der Waals surface area contributed by atoms with Gasteiger partial charge in [-0.3, -0.25) is 0 Å². The van der Waals surface area contributed by atoms with Crippen LogP contribution in [0.15, 0.2) is 29.4 Å². The van der Waals surface area contributed by atoms with Crippen molar-refractivity contribution in [3.05, 3.63) is 24.5 Å². The fourth-order valence-electron chi connectivity index (χ4n) is 0.378. The van der Waals surface area contributed by atoms with Crippen LogP contribution in [-0.2, 0) is 0 Å². The summed E-state index contributed by atoms with van der Waals surface area (Å²) in [4.78, 5) is 3.87. The van der Waals surface area contributed by atoms with Gasteiger partial charge in [0.2, 0.25) is 0 Å². The Bertz CT molecular complexity index is 138. The minimum Gasteiger partial charge on any atom is -0.218 e. The van der Waals surface area contributed by atoms with Gasteiger partial charge >= 0.3 is 0 Å². The summed E-state index contributed by atoms with van der Waals surface area (Å²) in [7, 11) is 0. The molecule has 0 radical (unpaired) electrons. The predicted octanol–water partition coefficient (Wildman–Crippen LogP) is 0.789. The molecule has 1 heterocycles. The molecule has 0 aliphatic carbocycles. The van der Waals surface area contributed by atoms with Crippen LogP contribution < -0.4 is 4.98 Å². The van der Waals surface area contributed by atoms with Gasteiger partial charge in [0.05, 0.1) is 0 Å². The minimum atomic E-state index is 0.985. The molecule has 0 atom stereocenters. The molecule has 1 nitrogen and oxygen atoms in total. The van der Waals surface area contributed by atoms with Crippen LogP contribution in [0.5, 0.6) is 0 Å². The summed E-state index contributed by atoms with van der Waals surface area (Å²) in [6, 6.07) is 3.78. The van der Waals surface area contributed by atoms with E-state index in [9.17, 15) is 0 Å². The Kier molecular flexibility index (Phi) is 1.32. The van der Waals surface area contributed by atoms with E-state index in [1.165, 1.54) is 0 Å². The first-order valence-electron chi connectivity index (χ1n) is 2.04. The Labute approximate surface area is 47.8 Å². The van der Waals surface area contributed by atoms with Gasteiger partial charge in [-0.1, -0.05) is 0 Å². The van der Waals surface area contributed by atoms with Crippen molar-refractivity contribution in [1.82, 2.24) is 0 Å². The third-order valence-electron chi connectivity index (χ3n) is 0.701. The molecule has 1 aromatic rings. The van der Waals surface area contributed by atoms with Crippen LogP contribution in [0, 0.1) is 0 Å². The number of H-pyrrole nitrogens is 1. The van der Waals surface area contributed by atoms with E-state index in [4.69, 9.17) is 0 Å². The first kappa shape index (κ1) is 4.65. The third-order valence-corrected chi connectivity index (χ3v) is 0.999. The van der Waals surface area contributed by atoms with Gasteiger partial charge in [0.15, 0.2) is 12.4 Å². The monoisotopic (exact) mass is 112 g/mol. The molecule has 1 N–H and O–H groups in total. The standard InChI is InChI=1S/C5H5NS/c7-5-1-3-6-4-2-5/h1-4H,(H,6,7)/p+1. The lowest BCUT2D eigenvalue weighted by Crippen LogP contribution is -1.95. The van der Waals surface area contributed by atoms with Crippen molar-refractivity contribution in [1.29, 1.82) is 0 Å². The van der Waals surface area contributed by atoms with Gasteiger partial charge in [-0.05, 0) is 0 Å². The summed E-state index contributed by atoms with van der Waals surface area (Å²) in [5, 5.41) is 0. The van der Waals surface area contributed by atoms with E-state index in [-0.39, 0.29) is 0 Å². The second-order valence-electron chi connectivity index (χ2n) is 1.26. The Balaban J connectivity index is 3.02. The van der Waals surface area contributed by atoms with E-state index < -0.39 is 0 Å². The average Bonchev–Trinajstić information content (AvgIpc) is 1.69. The van der Waals surface area contributed by atoms with E-state index in [0.29, 0.717) is 0 Å². The smallest absolute Gasteiger partial charge is 0.168 e. The first-order valence-corrected chi connectivity index (χ1v) is 2.49. The normalized spacial score (nSPS) is 8.71. The number of rotatable bonds is 0. The molecule has 0 fully saturated rings. The molecule has 2 heteroatoms. The Hall–Kier alpha value is -0.500. The lowest BCUT2D eigenvalue weighted by molar-refractivity contribution is -0.378. The van der Waals surface area contributed by atoms with E-state index in [2.05, 4.69) is 17.6 Å². The minimum absolute atomic E-state index is 0.985. The van der Waals surface area contributed by atoms with Crippen LogP contribution in [-0.4, -0.2) is 0 Å². The van der Waals surface area contributed by atoms with Crippen molar-refractivity contribution in [3.63, 3.8) is 0 Å². The van der Waals surface area contributed by atoms with Gasteiger partial charge in [0.25, 0.3) is 0 Å². The highest BCUT2D eigenvalue weighted by Gasteiger charge is 1.79. The topological polar surface area (TPSA) is 14.1 Å².